The normalized spacial score (nSPS) is 35.6. The molecule has 3 N–H and O–H groups in total. The van der Waals surface area contributed by atoms with Gasteiger partial charge in [0.1, 0.15) is 11.7 Å². The molecule has 5 heteroatoms. The van der Waals surface area contributed by atoms with Gasteiger partial charge in [0.25, 0.3) is 11.8 Å². The fraction of sp³-hybridized carbons (Fsp3) is 0.515. The number of carbonyl (C=O) groups is 2. The number of carbonyl (C=O) groups excluding carboxylic acids is 2. The van der Waals surface area contributed by atoms with E-state index < -0.39 is 18.1 Å². The second-order valence-corrected chi connectivity index (χ2v) is 12.7. The van der Waals surface area contributed by atoms with E-state index in [1.807, 2.05) is 66.7 Å². The summed E-state index contributed by atoms with van der Waals surface area (Å²) in [5, 5.41) is 17.6. The number of amides is 2. The molecule has 2 amide bonds. The Morgan fingerprint density at radius 3 is 2.32 bits per heavy atom. The van der Waals surface area contributed by atoms with Gasteiger partial charge in [0.2, 0.25) is 0 Å². The molecule has 200 valence electrons. The SMILES string of the molecule is C[C@@]12CCC[C@H]1[C@@H]1CCC3NC(=O)C(C(=O)NC(c4ccccc4)C(O)c4ccccc4)=C[C@]3(C)[C@@H]1CC2. The quantitative estimate of drug-likeness (QED) is 0.454. The maximum atomic E-state index is 13.8. The predicted molar refractivity (Wildman–Crippen MR) is 148 cm³/mol. The van der Waals surface area contributed by atoms with Crippen LogP contribution < -0.4 is 10.6 Å². The van der Waals surface area contributed by atoms with Gasteiger partial charge in [0.15, 0.2) is 0 Å². The highest BCUT2D eigenvalue weighted by molar-refractivity contribution is 6.19. The third kappa shape index (κ3) is 4.20. The summed E-state index contributed by atoms with van der Waals surface area (Å²) in [5.74, 6) is 1.16. The van der Waals surface area contributed by atoms with E-state index in [1.165, 1.54) is 32.1 Å². The highest BCUT2D eigenvalue weighted by Gasteiger charge is 2.58. The zero-order valence-corrected chi connectivity index (χ0v) is 22.5. The minimum Gasteiger partial charge on any atom is -0.386 e. The molecule has 3 aliphatic carbocycles. The highest BCUT2D eigenvalue weighted by Crippen LogP contribution is 2.63. The molecule has 38 heavy (non-hydrogen) atoms. The van der Waals surface area contributed by atoms with Gasteiger partial charge in [-0.1, -0.05) is 87.0 Å². The topological polar surface area (TPSA) is 78.4 Å². The summed E-state index contributed by atoms with van der Waals surface area (Å²) >= 11 is 0. The Morgan fingerprint density at radius 2 is 1.61 bits per heavy atom. The molecule has 3 saturated carbocycles. The lowest BCUT2D eigenvalue weighted by atomic mass is 9.48. The van der Waals surface area contributed by atoms with Crippen molar-refractivity contribution in [2.45, 2.75) is 77.0 Å². The maximum absolute atomic E-state index is 13.8. The summed E-state index contributed by atoms with van der Waals surface area (Å²) in [6.07, 6.45) is 9.59. The third-order valence-electron chi connectivity index (χ3n) is 10.7. The lowest BCUT2D eigenvalue weighted by Crippen LogP contribution is -2.60. The van der Waals surface area contributed by atoms with Crippen molar-refractivity contribution in [1.82, 2.24) is 10.6 Å². The minimum atomic E-state index is -0.949. The predicted octanol–water partition coefficient (Wildman–Crippen LogP) is 5.64. The summed E-state index contributed by atoms with van der Waals surface area (Å²) in [6.45, 7) is 4.76. The van der Waals surface area contributed by atoms with E-state index in [1.54, 1.807) is 0 Å². The van der Waals surface area contributed by atoms with Crippen LogP contribution in [0.3, 0.4) is 0 Å². The van der Waals surface area contributed by atoms with Crippen molar-refractivity contribution in [2.24, 2.45) is 28.6 Å². The molecule has 3 unspecified atom stereocenters. The Kier molecular flexibility index (Phi) is 6.46. The third-order valence-corrected chi connectivity index (χ3v) is 10.7. The van der Waals surface area contributed by atoms with Crippen molar-refractivity contribution in [3.05, 3.63) is 83.4 Å². The van der Waals surface area contributed by atoms with Crippen molar-refractivity contribution in [1.29, 1.82) is 0 Å². The Labute approximate surface area is 226 Å². The summed E-state index contributed by atoms with van der Waals surface area (Å²) in [5.41, 5.74) is 1.91. The average Bonchev–Trinajstić information content (AvgIpc) is 3.34. The number of aliphatic hydroxyl groups is 1. The van der Waals surface area contributed by atoms with Crippen molar-refractivity contribution in [3.63, 3.8) is 0 Å². The molecule has 1 aliphatic heterocycles. The van der Waals surface area contributed by atoms with E-state index in [-0.39, 0.29) is 22.9 Å². The molecule has 8 atom stereocenters. The molecule has 1 heterocycles. The van der Waals surface area contributed by atoms with Crippen LogP contribution in [-0.2, 0) is 9.59 Å². The van der Waals surface area contributed by atoms with E-state index in [0.717, 1.165) is 24.3 Å². The minimum absolute atomic E-state index is 0.0680. The van der Waals surface area contributed by atoms with Crippen LogP contribution in [-0.4, -0.2) is 23.0 Å². The van der Waals surface area contributed by atoms with Gasteiger partial charge < -0.3 is 15.7 Å². The summed E-state index contributed by atoms with van der Waals surface area (Å²) in [7, 11) is 0. The molecule has 5 nitrogen and oxygen atoms in total. The van der Waals surface area contributed by atoms with Gasteiger partial charge in [-0.15, -0.1) is 0 Å². The van der Waals surface area contributed by atoms with Crippen LogP contribution >= 0.6 is 0 Å². The first-order chi connectivity index (χ1) is 18.3. The zero-order chi connectivity index (χ0) is 26.5. The van der Waals surface area contributed by atoms with Crippen LogP contribution in [0.2, 0.25) is 0 Å². The number of aliphatic hydroxyl groups excluding tert-OH is 1. The van der Waals surface area contributed by atoms with Crippen LogP contribution in [0, 0.1) is 28.6 Å². The van der Waals surface area contributed by atoms with Gasteiger partial charge in [-0.05, 0) is 72.8 Å². The fourth-order valence-electron chi connectivity index (χ4n) is 8.67. The van der Waals surface area contributed by atoms with E-state index >= 15 is 0 Å². The van der Waals surface area contributed by atoms with Gasteiger partial charge in [-0.25, -0.2) is 0 Å². The molecule has 2 aromatic carbocycles. The average molecular weight is 513 g/mol. The van der Waals surface area contributed by atoms with Crippen molar-refractivity contribution in [3.8, 4) is 0 Å². The van der Waals surface area contributed by atoms with E-state index in [4.69, 9.17) is 0 Å². The van der Waals surface area contributed by atoms with Crippen molar-refractivity contribution in [2.75, 3.05) is 0 Å². The number of hydrogen-bond acceptors (Lipinski definition) is 3. The molecule has 0 saturated heterocycles. The lowest BCUT2D eigenvalue weighted by molar-refractivity contribution is -0.128. The maximum Gasteiger partial charge on any atom is 0.257 e. The number of benzene rings is 2. The summed E-state index contributed by atoms with van der Waals surface area (Å²) in [6, 6.07) is 18.2. The van der Waals surface area contributed by atoms with Crippen LogP contribution in [0.25, 0.3) is 0 Å². The molecule has 6 rings (SSSR count). The van der Waals surface area contributed by atoms with Gasteiger partial charge in [-0.3, -0.25) is 9.59 Å². The molecule has 0 spiro atoms. The second kappa shape index (κ2) is 9.68. The van der Waals surface area contributed by atoms with Crippen molar-refractivity contribution >= 4 is 11.8 Å². The summed E-state index contributed by atoms with van der Waals surface area (Å²) < 4.78 is 0. The first-order valence-corrected chi connectivity index (χ1v) is 14.4. The van der Waals surface area contributed by atoms with Gasteiger partial charge in [-0.2, -0.15) is 0 Å². The van der Waals surface area contributed by atoms with E-state index in [9.17, 15) is 14.7 Å². The van der Waals surface area contributed by atoms with Crippen LogP contribution in [0.15, 0.2) is 72.3 Å². The number of nitrogens with one attached hydrogen (secondary N) is 2. The van der Waals surface area contributed by atoms with Crippen molar-refractivity contribution < 1.29 is 14.7 Å². The lowest BCUT2D eigenvalue weighted by Gasteiger charge is -2.58. The number of hydrogen-bond donors (Lipinski definition) is 3. The Bertz CT molecular complexity index is 1230. The molecule has 3 fully saturated rings. The van der Waals surface area contributed by atoms with Crippen LogP contribution in [0.1, 0.15) is 82.1 Å². The second-order valence-electron chi connectivity index (χ2n) is 12.7. The standard InChI is InChI=1S/C33H40N2O3/c1-32-18-9-14-25(32)23-15-16-27-33(2,26(23)17-19-32)20-24(30(37)34-27)31(38)35-28(21-10-5-3-6-11-21)29(36)22-12-7-4-8-13-22/h3-8,10-13,20,23,25-29,36H,9,14-19H2,1-2H3,(H,34,37)(H,35,38)/t23-,25-,26+,27?,28?,29?,32-,33+/m0/s1. The molecule has 2 aromatic rings. The highest BCUT2D eigenvalue weighted by atomic mass is 16.3. The number of fused-ring (bicyclic) bond motifs is 5. The van der Waals surface area contributed by atoms with Crippen LogP contribution in [0.5, 0.6) is 0 Å². The molecular weight excluding hydrogens is 472 g/mol. The Balaban J connectivity index is 1.30. The van der Waals surface area contributed by atoms with E-state index in [2.05, 4.69) is 24.5 Å². The zero-order valence-electron chi connectivity index (χ0n) is 22.5. The van der Waals surface area contributed by atoms with Gasteiger partial charge >= 0.3 is 0 Å². The summed E-state index contributed by atoms with van der Waals surface area (Å²) in [4.78, 5) is 27.1. The fourth-order valence-corrected chi connectivity index (χ4v) is 8.67. The largest absolute Gasteiger partial charge is 0.386 e. The molecular formula is C33H40N2O3. The molecule has 0 radical (unpaired) electrons. The molecule has 0 aromatic heterocycles. The first kappa shape index (κ1) is 25.4. The molecule has 4 aliphatic rings. The Hall–Kier alpha value is -2.92. The first-order valence-electron chi connectivity index (χ1n) is 14.4. The van der Waals surface area contributed by atoms with Gasteiger partial charge in [0.05, 0.1) is 6.04 Å². The van der Waals surface area contributed by atoms with Crippen LogP contribution in [0.4, 0.5) is 0 Å². The smallest absolute Gasteiger partial charge is 0.257 e. The monoisotopic (exact) mass is 512 g/mol. The molecule has 0 bridgehead atoms. The van der Waals surface area contributed by atoms with Gasteiger partial charge in [0, 0.05) is 11.5 Å². The van der Waals surface area contributed by atoms with E-state index in [0.29, 0.717) is 22.8 Å². The Morgan fingerprint density at radius 1 is 0.921 bits per heavy atom. The number of rotatable bonds is 5.